The number of hydrogen-bond acceptors (Lipinski definition) is 3. The minimum atomic E-state index is -0.587. The maximum atomic E-state index is 13.9. The molecular weight excluding hydrogens is 458 g/mol. The average molecular weight is 486 g/mol. The summed E-state index contributed by atoms with van der Waals surface area (Å²) in [6, 6.07) is 29.3. The van der Waals surface area contributed by atoms with Gasteiger partial charge in [0.2, 0.25) is 11.9 Å². The number of nitrogens with one attached hydrogen (secondary N) is 2. The molecule has 1 heterocycles. The quantitative estimate of drug-likeness (QED) is 0.292. The third-order valence-corrected chi connectivity index (χ3v) is 8.32. The number of imidazole rings is 1. The highest BCUT2D eigenvalue weighted by molar-refractivity contribution is 5.98. The van der Waals surface area contributed by atoms with Crippen LogP contribution in [0.25, 0.3) is 22.0 Å². The third-order valence-electron chi connectivity index (χ3n) is 8.32. The molecule has 5 heteroatoms. The van der Waals surface area contributed by atoms with Gasteiger partial charge in [0.15, 0.2) is 0 Å². The summed E-state index contributed by atoms with van der Waals surface area (Å²) >= 11 is 0. The van der Waals surface area contributed by atoms with Gasteiger partial charge in [-0.15, -0.1) is 0 Å². The predicted octanol–water partition coefficient (Wildman–Crippen LogP) is 6.86. The molecule has 3 aliphatic carbocycles. The molecule has 1 aromatic heterocycles. The van der Waals surface area contributed by atoms with Gasteiger partial charge >= 0.3 is 0 Å². The second-order valence-electron chi connectivity index (χ2n) is 10.3. The second kappa shape index (κ2) is 8.07. The number of benzene rings is 4. The Labute approximate surface area is 215 Å². The normalized spacial score (nSPS) is 21.4. The number of ether oxygens (including phenoxy) is 1. The van der Waals surface area contributed by atoms with Crippen LogP contribution < -0.4 is 10.1 Å². The Morgan fingerprint density at radius 1 is 0.946 bits per heavy atom. The van der Waals surface area contributed by atoms with Gasteiger partial charge in [0.1, 0.15) is 5.75 Å². The van der Waals surface area contributed by atoms with Crippen LogP contribution in [0.3, 0.4) is 0 Å². The van der Waals surface area contributed by atoms with Crippen molar-refractivity contribution >= 4 is 22.6 Å². The zero-order chi connectivity index (χ0) is 25.1. The van der Waals surface area contributed by atoms with E-state index < -0.39 is 5.41 Å². The van der Waals surface area contributed by atoms with Crippen LogP contribution in [0.1, 0.15) is 47.4 Å². The molecule has 1 atom stereocenters. The van der Waals surface area contributed by atoms with Crippen molar-refractivity contribution in [3.8, 4) is 17.0 Å². The molecule has 0 spiro atoms. The van der Waals surface area contributed by atoms with E-state index in [0.717, 1.165) is 34.2 Å². The van der Waals surface area contributed by atoms with Crippen molar-refractivity contribution < 1.29 is 9.53 Å². The molecule has 2 bridgehead atoms. The summed E-state index contributed by atoms with van der Waals surface area (Å²) in [7, 11) is 1.67. The summed E-state index contributed by atoms with van der Waals surface area (Å²) in [5, 5.41) is 5.29. The van der Waals surface area contributed by atoms with E-state index >= 15 is 0 Å². The number of aromatic amines is 1. The minimum Gasteiger partial charge on any atom is -0.497 e. The molecule has 0 radical (unpaired) electrons. The molecular formula is C32H27N3O2. The SMILES string of the molecule is COc1ccc2c(-c3c[nH]c(NC(=O)C4(C)CC5c6ccccc6C4c4ccccc45)n3)cccc2c1. The summed E-state index contributed by atoms with van der Waals surface area (Å²) in [4.78, 5) is 21.9. The maximum absolute atomic E-state index is 13.9. The summed E-state index contributed by atoms with van der Waals surface area (Å²) < 4.78 is 5.38. The van der Waals surface area contributed by atoms with Crippen LogP contribution in [0.15, 0.2) is 91.1 Å². The van der Waals surface area contributed by atoms with E-state index in [4.69, 9.17) is 9.72 Å². The highest BCUT2D eigenvalue weighted by atomic mass is 16.5. The molecule has 8 rings (SSSR count). The maximum Gasteiger partial charge on any atom is 0.233 e. The first-order valence-electron chi connectivity index (χ1n) is 12.7. The standard InChI is InChI=1S/C32H27N3O2/c1-32(17-27-22-9-3-5-11-25(22)29(32)26-12-6-4-10-23(26)27)30(36)35-31-33-18-28(34-31)24-13-7-8-19-16-20(37-2)14-15-21(19)24/h3-16,18,27,29H,17H2,1-2H3,(H2,33,34,35,36). The van der Waals surface area contributed by atoms with Gasteiger partial charge in [-0.05, 0) is 58.5 Å². The number of fused-ring (bicyclic) bond motifs is 2. The predicted molar refractivity (Wildman–Crippen MR) is 146 cm³/mol. The van der Waals surface area contributed by atoms with Crippen LogP contribution >= 0.6 is 0 Å². The Balaban J connectivity index is 1.22. The highest BCUT2D eigenvalue weighted by Crippen LogP contribution is 2.61. The summed E-state index contributed by atoms with van der Waals surface area (Å²) in [5.41, 5.74) is 6.44. The van der Waals surface area contributed by atoms with Gasteiger partial charge in [0.05, 0.1) is 18.2 Å². The lowest BCUT2D eigenvalue weighted by Gasteiger charge is -2.50. The molecule has 3 aliphatic rings. The van der Waals surface area contributed by atoms with Gasteiger partial charge in [-0.3, -0.25) is 10.1 Å². The summed E-state index contributed by atoms with van der Waals surface area (Å²) in [6.07, 6.45) is 2.63. The van der Waals surface area contributed by atoms with E-state index in [-0.39, 0.29) is 17.7 Å². The molecule has 1 unspecified atom stereocenters. The minimum absolute atomic E-state index is 0.00457. The zero-order valence-corrected chi connectivity index (χ0v) is 20.8. The largest absolute Gasteiger partial charge is 0.497 e. The fraction of sp³-hybridized carbons (Fsp3) is 0.188. The van der Waals surface area contributed by atoms with Crippen LogP contribution in [0, 0.1) is 5.41 Å². The van der Waals surface area contributed by atoms with Crippen LogP contribution in [-0.2, 0) is 4.79 Å². The Morgan fingerprint density at radius 2 is 1.65 bits per heavy atom. The molecule has 5 aromatic rings. The molecule has 0 fully saturated rings. The number of anilines is 1. The van der Waals surface area contributed by atoms with Crippen LogP contribution in [-0.4, -0.2) is 23.0 Å². The Kier molecular flexibility index (Phi) is 4.77. The monoisotopic (exact) mass is 485 g/mol. The molecule has 0 saturated heterocycles. The topological polar surface area (TPSA) is 67.0 Å². The van der Waals surface area contributed by atoms with Crippen molar-refractivity contribution in [1.29, 1.82) is 0 Å². The summed E-state index contributed by atoms with van der Waals surface area (Å²) in [5.74, 6) is 1.50. The third kappa shape index (κ3) is 3.23. The van der Waals surface area contributed by atoms with E-state index in [2.05, 4.69) is 71.8 Å². The number of methoxy groups -OCH3 is 1. The highest BCUT2D eigenvalue weighted by Gasteiger charge is 2.53. The Morgan fingerprint density at radius 3 is 2.35 bits per heavy atom. The summed E-state index contributed by atoms with van der Waals surface area (Å²) in [6.45, 7) is 2.10. The Hall–Kier alpha value is -4.38. The van der Waals surface area contributed by atoms with Crippen molar-refractivity contribution in [2.24, 2.45) is 5.41 Å². The number of rotatable bonds is 4. The first-order chi connectivity index (χ1) is 18.1. The molecule has 2 N–H and O–H groups in total. The van der Waals surface area contributed by atoms with E-state index in [0.29, 0.717) is 5.95 Å². The van der Waals surface area contributed by atoms with Crippen molar-refractivity contribution in [2.45, 2.75) is 25.2 Å². The Bertz CT molecular complexity index is 1640. The second-order valence-corrected chi connectivity index (χ2v) is 10.3. The number of carbonyl (C=O) groups excluding carboxylic acids is 1. The number of aromatic nitrogens is 2. The van der Waals surface area contributed by atoms with E-state index in [1.807, 2.05) is 36.5 Å². The van der Waals surface area contributed by atoms with Gasteiger partial charge in [-0.2, -0.15) is 0 Å². The van der Waals surface area contributed by atoms with Gasteiger partial charge in [-0.25, -0.2) is 4.98 Å². The molecule has 182 valence electrons. The van der Waals surface area contributed by atoms with Gasteiger partial charge in [-0.1, -0.05) is 72.8 Å². The lowest BCUT2D eigenvalue weighted by Crippen LogP contribution is -2.47. The molecule has 0 aliphatic heterocycles. The van der Waals surface area contributed by atoms with Crippen LogP contribution in [0.5, 0.6) is 5.75 Å². The fourth-order valence-corrected chi connectivity index (χ4v) is 6.58. The number of amides is 1. The molecule has 1 amide bonds. The average Bonchev–Trinajstić information content (AvgIpc) is 3.40. The van der Waals surface area contributed by atoms with Crippen molar-refractivity contribution in [3.05, 3.63) is 113 Å². The molecule has 5 nitrogen and oxygen atoms in total. The van der Waals surface area contributed by atoms with Crippen molar-refractivity contribution in [1.82, 2.24) is 9.97 Å². The van der Waals surface area contributed by atoms with Crippen molar-refractivity contribution in [2.75, 3.05) is 12.4 Å². The van der Waals surface area contributed by atoms with E-state index in [9.17, 15) is 4.79 Å². The van der Waals surface area contributed by atoms with Crippen LogP contribution in [0.4, 0.5) is 5.95 Å². The number of hydrogen-bond donors (Lipinski definition) is 2. The number of H-pyrrole nitrogens is 1. The van der Waals surface area contributed by atoms with Crippen molar-refractivity contribution in [3.63, 3.8) is 0 Å². The van der Waals surface area contributed by atoms with Gasteiger partial charge in [0.25, 0.3) is 0 Å². The van der Waals surface area contributed by atoms with Gasteiger partial charge < -0.3 is 9.72 Å². The fourth-order valence-electron chi connectivity index (χ4n) is 6.58. The molecule has 0 saturated carbocycles. The van der Waals surface area contributed by atoms with E-state index in [1.165, 1.54) is 22.3 Å². The van der Waals surface area contributed by atoms with Gasteiger partial charge in [0, 0.05) is 23.6 Å². The first kappa shape index (κ1) is 21.9. The lowest BCUT2D eigenvalue weighted by molar-refractivity contribution is -0.126. The zero-order valence-electron chi connectivity index (χ0n) is 20.8. The number of carbonyl (C=O) groups is 1. The lowest BCUT2D eigenvalue weighted by atomic mass is 9.52. The van der Waals surface area contributed by atoms with Crippen LogP contribution in [0.2, 0.25) is 0 Å². The number of nitrogens with zero attached hydrogens (tertiary/aromatic N) is 1. The molecule has 37 heavy (non-hydrogen) atoms. The molecule has 4 aromatic carbocycles. The smallest absolute Gasteiger partial charge is 0.233 e. The first-order valence-corrected chi connectivity index (χ1v) is 12.7. The van der Waals surface area contributed by atoms with E-state index in [1.54, 1.807) is 7.11 Å².